The molecule has 1 aromatic carbocycles. The van der Waals surface area contributed by atoms with Gasteiger partial charge in [-0.05, 0) is 36.1 Å². The van der Waals surface area contributed by atoms with Crippen molar-refractivity contribution in [3.05, 3.63) is 57.3 Å². The largest absolute Gasteiger partial charge is 0.342 e. The van der Waals surface area contributed by atoms with Crippen LogP contribution in [-0.4, -0.2) is 21.1 Å². The zero-order chi connectivity index (χ0) is 16.7. The number of benzene rings is 1. The van der Waals surface area contributed by atoms with Crippen molar-refractivity contribution in [2.24, 2.45) is 0 Å². The molecule has 3 heterocycles. The first-order chi connectivity index (χ1) is 11.6. The van der Waals surface area contributed by atoms with Gasteiger partial charge in [0.15, 0.2) is 0 Å². The second-order valence-electron chi connectivity index (χ2n) is 6.00. The second kappa shape index (κ2) is 5.98. The van der Waals surface area contributed by atoms with Gasteiger partial charge in [0.2, 0.25) is 10.1 Å². The molecule has 0 aliphatic carbocycles. The molecular weight excluding hydrogens is 327 g/mol. The molecule has 7 heteroatoms. The van der Waals surface area contributed by atoms with Gasteiger partial charge in [0.05, 0.1) is 0 Å². The molecule has 0 atom stereocenters. The fraction of sp³-hybridized carbons (Fsp3) is 0.353. The van der Waals surface area contributed by atoms with Gasteiger partial charge in [-0.15, -0.1) is 5.10 Å². The van der Waals surface area contributed by atoms with Crippen molar-refractivity contribution in [2.45, 2.75) is 32.7 Å². The summed E-state index contributed by atoms with van der Waals surface area (Å²) in [5.41, 5.74) is 2.84. The van der Waals surface area contributed by atoms with E-state index in [4.69, 9.17) is 0 Å². The number of rotatable bonds is 3. The molecule has 1 aliphatic heterocycles. The molecule has 0 bridgehead atoms. The molecule has 0 fully saturated rings. The average molecular weight is 344 g/mol. The minimum absolute atomic E-state index is 0.134. The highest BCUT2D eigenvalue weighted by atomic mass is 32.1. The Kier molecular flexibility index (Phi) is 3.80. The van der Waals surface area contributed by atoms with E-state index in [0.29, 0.717) is 11.5 Å². The molecule has 0 radical (unpaired) electrons. The van der Waals surface area contributed by atoms with E-state index in [1.165, 1.54) is 21.9 Å². The van der Waals surface area contributed by atoms with E-state index in [2.05, 4.69) is 21.9 Å². The van der Waals surface area contributed by atoms with Gasteiger partial charge >= 0.3 is 0 Å². The van der Waals surface area contributed by atoms with Crippen LogP contribution in [0.3, 0.4) is 0 Å². The van der Waals surface area contributed by atoms with Crippen LogP contribution >= 0.6 is 11.3 Å². The number of hydrogen-bond acceptors (Lipinski definition) is 5. The first-order valence-electron chi connectivity index (χ1n) is 8.06. The van der Waals surface area contributed by atoms with Gasteiger partial charge in [0.1, 0.15) is 5.82 Å². The number of aromatic nitrogens is 3. The average Bonchev–Trinajstić information content (AvgIpc) is 2.99. The van der Waals surface area contributed by atoms with Gasteiger partial charge in [-0.25, -0.2) is 9.37 Å². The van der Waals surface area contributed by atoms with Crippen molar-refractivity contribution in [2.75, 3.05) is 11.4 Å². The lowest BCUT2D eigenvalue weighted by molar-refractivity contribution is 0.618. The van der Waals surface area contributed by atoms with E-state index in [-0.39, 0.29) is 11.4 Å². The van der Waals surface area contributed by atoms with Crippen LogP contribution in [-0.2, 0) is 19.4 Å². The quantitative estimate of drug-likeness (QED) is 0.733. The third-order valence-corrected chi connectivity index (χ3v) is 5.21. The van der Waals surface area contributed by atoms with Crippen molar-refractivity contribution < 1.29 is 4.39 Å². The molecule has 4 rings (SSSR count). The van der Waals surface area contributed by atoms with E-state index >= 15 is 0 Å². The van der Waals surface area contributed by atoms with Crippen LogP contribution < -0.4 is 10.5 Å². The molecule has 24 heavy (non-hydrogen) atoms. The molecule has 0 N–H and O–H groups in total. The summed E-state index contributed by atoms with van der Waals surface area (Å²) >= 11 is 1.43. The number of nitrogens with zero attached hydrogens (tertiary/aromatic N) is 4. The monoisotopic (exact) mass is 344 g/mol. The van der Waals surface area contributed by atoms with Gasteiger partial charge in [-0.2, -0.15) is 4.52 Å². The second-order valence-corrected chi connectivity index (χ2v) is 6.93. The normalized spacial score (nSPS) is 14.2. The number of halogens is 1. The summed E-state index contributed by atoms with van der Waals surface area (Å²) in [5.74, 6) is -0.193. The van der Waals surface area contributed by atoms with Gasteiger partial charge in [-0.1, -0.05) is 30.7 Å². The summed E-state index contributed by atoms with van der Waals surface area (Å²) in [4.78, 5) is 19.5. The van der Waals surface area contributed by atoms with Crippen LogP contribution in [0.15, 0.2) is 29.1 Å². The Labute approximate surface area is 142 Å². The maximum Gasteiger partial charge on any atom is 0.275 e. The van der Waals surface area contributed by atoms with Crippen LogP contribution in [0.25, 0.3) is 4.96 Å². The SMILES string of the molecule is CCCc1cc(=O)n2nc(N3CCc4cc(F)ccc4C3)sc2n1. The van der Waals surface area contributed by atoms with Crippen LogP contribution in [0.2, 0.25) is 0 Å². The smallest absolute Gasteiger partial charge is 0.275 e. The van der Waals surface area contributed by atoms with Crippen molar-refractivity contribution in [3.63, 3.8) is 0 Å². The lowest BCUT2D eigenvalue weighted by Crippen LogP contribution is -2.30. The molecule has 0 amide bonds. The number of aryl methyl sites for hydroxylation is 1. The molecule has 5 nitrogen and oxygen atoms in total. The van der Waals surface area contributed by atoms with Crippen molar-refractivity contribution in [3.8, 4) is 0 Å². The standard InChI is InChI=1S/C17H17FN4OS/c1-2-3-14-9-15(23)22-16(19-14)24-17(20-22)21-7-6-11-8-13(18)5-4-12(11)10-21/h4-5,8-9H,2-3,6-7,10H2,1H3. The van der Waals surface area contributed by atoms with Gasteiger partial charge in [-0.3, -0.25) is 4.79 Å². The van der Waals surface area contributed by atoms with E-state index in [0.717, 1.165) is 47.8 Å². The summed E-state index contributed by atoms with van der Waals surface area (Å²) in [7, 11) is 0. The molecule has 0 spiro atoms. The summed E-state index contributed by atoms with van der Waals surface area (Å²) in [6.45, 7) is 3.49. The predicted molar refractivity (Wildman–Crippen MR) is 92.3 cm³/mol. The summed E-state index contributed by atoms with van der Waals surface area (Å²) in [6, 6.07) is 6.49. The highest BCUT2D eigenvalue weighted by Gasteiger charge is 2.20. The minimum atomic E-state index is -0.193. The Morgan fingerprint density at radius 3 is 3.00 bits per heavy atom. The van der Waals surface area contributed by atoms with Gasteiger partial charge < -0.3 is 4.90 Å². The number of hydrogen-bond donors (Lipinski definition) is 0. The zero-order valence-corrected chi connectivity index (χ0v) is 14.1. The molecule has 0 saturated heterocycles. The fourth-order valence-electron chi connectivity index (χ4n) is 3.04. The maximum atomic E-state index is 13.3. The highest BCUT2D eigenvalue weighted by molar-refractivity contribution is 7.20. The zero-order valence-electron chi connectivity index (χ0n) is 13.3. The first-order valence-corrected chi connectivity index (χ1v) is 8.88. The molecule has 2 aromatic heterocycles. The Hall–Kier alpha value is -2.28. The first kappa shape index (κ1) is 15.3. The predicted octanol–water partition coefficient (Wildman–Crippen LogP) is 2.81. The van der Waals surface area contributed by atoms with Crippen molar-refractivity contribution >= 4 is 21.4 Å². The van der Waals surface area contributed by atoms with E-state index in [1.807, 2.05) is 6.07 Å². The van der Waals surface area contributed by atoms with Crippen LogP contribution in [0.4, 0.5) is 9.52 Å². The van der Waals surface area contributed by atoms with Gasteiger partial charge in [0, 0.05) is 24.8 Å². The minimum Gasteiger partial charge on any atom is -0.342 e. The molecule has 3 aromatic rings. The van der Waals surface area contributed by atoms with Gasteiger partial charge in [0.25, 0.3) is 5.56 Å². The Bertz CT molecular complexity index is 965. The van der Waals surface area contributed by atoms with Crippen LogP contribution in [0.5, 0.6) is 0 Å². The highest BCUT2D eigenvalue weighted by Crippen LogP contribution is 2.28. The van der Waals surface area contributed by atoms with Crippen molar-refractivity contribution in [1.82, 2.24) is 14.6 Å². The molecule has 0 saturated carbocycles. The molecule has 1 aliphatic rings. The fourth-order valence-corrected chi connectivity index (χ4v) is 3.99. The number of anilines is 1. The topological polar surface area (TPSA) is 50.5 Å². The van der Waals surface area contributed by atoms with E-state index in [9.17, 15) is 9.18 Å². The van der Waals surface area contributed by atoms with E-state index < -0.39 is 0 Å². The maximum absolute atomic E-state index is 13.3. The molecule has 0 unspecified atom stereocenters. The van der Waals surface area contributed by atoms with Crippen molar-refractivity contribution in [1.29, 1.82) is 0 Å². The third kappa shape index (κ3) is 2.69. The Morgan fingerprint density at radius 1 is 1.29 bits per heavy atom. The summed E-state index contributed by atoms with van der Waals surface area (Å²) < 4.78 is 14.7. The molecular formula is C17H17FN4OS. The van der Waals surface area contributed by atoms with Crippen LogP contribution in [0, 0.1) is 5.82 Å². The summed E-state index contributed by atoms with van der Waals surface area (Å²) in [5, 5.41) is 5.22. The summed E-state index contributed by atoms with van der Waals surface area (Å²) in [6.07, 6.45) is 2.52. The Balaban J connectivity index is 1.68. The van der Waals surface area contributed by atoms with Crippen LogP contribution in [0.1, 0.15) is 30.2 Å². The lowest BCUT2D eigenvalue weighted by Gasteiger charge is -2.27. The molecule has 124 valence electrons. The lowest BCUT2D eigenvalue weighted by atomic mass is 10.0. The third-order valence-electron chi connectivity index (χ3n) is 4.24. The van der Waals surface area contributed by atoms with E-state index in [1.54, 1.807) is 12.1 Å². The number of fused-ring (bicyclic) bond motifs is 2. The Morgan fingerprint density at radius 2 is 2.17 bits per heavy atom.